The number of nitrogens with zero attached hydrogens (tertiary/aromatic N) is 1. The minimum absolute atomic E-state index is 0.0585. The van der Waals surface area contributed by atoms with Crippen molar-refractivity contribution >= 4 is 29.1 Å². The molecule has 6 heteroatoms. The standard InChI is InChI=1S/C17H14ClFN2O2/c18-12-6-4-11(5-7-12)10-21-16(22)9-15(17(21)23)20-14-3-1-2-13(19)8-14/h1-8,15,20H,9-10H2/t15-/m0/s1. The Morgan fingerprint density at radius 3 is 2.61 bits per heavy atom. The number of hydrogen-bond acceptors (Lipinski definition) is 3. The minimum atomic E-state index is -0.670. The topological polar surface area (TPSA) is 49.4 Å². The van der Waals surface area contributed by atoms with E-state index in [9.17, 15) is 14.0 Å². The molecule has 1 aliphatic heterocycles. The van der Waals surface area contributed by atoms with E-state index in [4.69, 9.17) is 11.6 Å². The molecule has 23 heavy (non-hydrogen) atoms. The third-order valence-electron chi connectivity index (χ3n) is 3.66. The van der Waals surface area contributed by atoms with Crippen molar-refractivity contribution in [1.29, 1.82) is 0 Å². The maximum atomic E-state index is 13.2. The van der Waals surface area contributed by atoms with Crippen LogP contribution in [-0.2, 0) is 16.1 Å². The van der Waals surface area contributed by atoms with Gasteiger partial charge < -0.3 is 5.32 Å². The predicted octanol–water partition coefficient (Wildman–Crippen LogP) is 3.22. The molecule has 0 spiro atoms. The van der Waals surface area contributed by atoms with Crippen molar-refractivity contribution in [2.24, 2.45) is 0 Å². The molecule has 1 aliphatic rings. The Morgan fingerprint density at radius 1 is 1.17 bits per heavy atom. The van der Waals surface area contributed by atoms with Gasteiger partial charge in [0.15, 0.2) is 0 Å². The molecule has 0 aromatic heterocycles. The lowest BCUT2D eigenvalue weighted by atomic mass is 10.2. The van der Waals surface area contributed by atoms with Crippen LogP contribution >= 0.6 is 11.6 Å². The Bertz CT molecular complexity index is 749. The van der Waals surface area contributed by atoms with Crippen LogP contribution in [0.5, 0.6) is 0 Å². The number of benzene rings is 2. The molecule has 0 saturated carbocycles. The molecule has 2 amide bonds. The second kappa shape index (κ2) is 6.38. The highest BCUT2D eigenvalue weighted by Gasteiger charge is 2.38. The van der Waals surface area contributed by atoms with E-state index < -0.39 is 11.9 Å². The van der Waals surface area contributed by atoms with E-state index in [2.05, 4.69) is 5.32 Å². The Balaban J connectivity index is 1.71. The van der Waals surface area contributed by atoms with Crippen LogP contribution in [0.25, 0.3) is 0 Å². The van der Waals surface area contributed by atoms with E-state index >= 15 is 0 Å². The molecule has 0 radical (unpaired) electrons. The van der Waals surface area contributed by atoms with Crippen LogP contribution in [0.3, 0.4) is 0 Å². The van der Waals surface area contributed by atoms with Crippen LogP contribution in [0.15, 0.2) is 48.5 Å². The molecule has 3 rings (SSSR count). The zero-order chi connectivity index (χ0) is 16.4. The highest BCUT2D eigenvalue weighted by molar-refractivity contribution is 6.30. The summed E-state index contributed by atoms with van der Waals surface area (Å²) in [5.74, 6) is -0.960. The van der Waals surface area contributed by atoms with Crippen LogP contribution in [0.4, 0.5) is 10.1 Å². The van der Waals surface area contributed by atoms with Gasteiger partial charge in [-0.1, -0.05) is 29.8 Å². The van der Waals surface area contributed by atoms with Gasteiger partial charge in [0.05, 0.1) is 13.0 Å². The first-order chi connectivity index (χ1) is 11.0. The second-order valence-electron chi connectivity index (χ2n) is 5.36. The fourth-order valence-electron chi connectivity index (χ4n) is 2.51. The highest BCUT2D eigenvalue weighted by Crippen LogP contribution is 2.21. The van der Waals surface area contributed by atoms with Crippen molar-refractivity contribution in [2.45, 2.75) is 19.0 Å². The maximum Gasteiger partial charge on any atom is 0.252 e. The Kier molecular flexibility index (Phi) is 4.30. The van der Waals surface area contributed by atoms with Gasteiger partial charge >= 0.3 is 0 Å². The van der Waals surface area contributed by atoms with E-state index in [1.807, 2.05) is 0 Å². The third-order valence-corrected chi connectivity index (χ3v) is 3.92. The predicted molar refractivity (Wildman–Crippen MR) is 85.4 cm³/mol. The molecule has 2 aromatic carbocycles. The van der Waals surface area contributed by atoms with Gasteiger partial charge in [0, 0.05) is 10.7 Å². The number of nitrogens with one attached hydrogen (secondary N) is 1. The van der Waals surface area contributed by atoms with Gasteiger partial charge in [-0.3, -0.25) is 14.5 Å². The number of hydrogen-bond donors (Lipinski definition) is 1. The number of carbonyl (C=O) groups excluding carboxylic acids is 2. The number of carbonyl (C=O) groups is 2. The van der Waals surface area contributed by atoms with Crippen molar-refractivity contribution in [3.05, 3.63) is 64.9 Å². The molecule has 0 bridgehead atoms. The largest absolute Gasteiger partial charge is 0.373 e. The number of rotatable bonds is 4. The number of imide groups is 1. The van der Waals surface area contributed by atoms with Crippen molar-refractivity contribution in [3.8, 4) is 0 Å². The lowest BCUT2D eigenvalue weighted by Crippen LogP contribution is -2.34. The summed E-state index contributed by atoms with van der Waals surface area (Å²) in [5, 5.41) is 3.51. The summed E-state index contributed by atoms with van der Waals surface area (Å²) in [6.07, 6.45) is 0.0585. The van der Waals surface area contributed by atoms with Crippen LogP contribution in [-0.4, -0.2) is 22.8 Å². The van der Waals surface area contributed by atoms with Gasteiger partial charge in [-0.15, -0.1) is 0 Å². The summed E-state index contributed by atoms with van der Waals surface area (Å²) in [4.78, 5) is 25.7. The smallest absolute Gasteiger partial charge is 0.252 e. The normalized spacial score (nSPS) is 17.7. The van der Waals surface area contributed by atoms with Gasteiger partial charge in [0.1, 0.15) is 11.9 Å². The molecule has 118 valence electrons. The first-order valence-electron chi connectivity index (χ1n) is 7.14. The van der Waals surface area contributed by atoms with E-state index in [-0.39, 0.29) is 24.8 Å². The quantitative estimate of drug-likeness (QED) is 0.875. The lowest BCUT2D eigenvalue weighted by Gasteiger charge is -2.16. The van der Waals surface area contributed by atoms with E-state index in [0.717, 1.165) is 5.56 Å². The van der Waals surface area contributed by atoms with Crippen molar-refractivity contribution in [1.82, 2.24) is 4.90 Å². The van der Waals surface area contributed by atoms with Gasteiger partial charge in [0.2, 0.25) is 5.91 Å². The molecule has 1 atom stereocenters. The van der Waals surface area contributed by atoms with Crippen molar-refractivity contribution in [3.63, 3.8) is 0 Å². The molecule has 0 unspecified atom stereocenters. The molecule has 1 fully saturated rings. The molecule has 4 nitrogen and oxygen atoms in total. The van der Waals surface area contributed by atoms with E-state index in [0.29, 0.717) is 10.7 Å². The summed E-state index contributed by atoms with van der Waals surface area (Å²) in [6.45, 7) is 0.205. The average Bonchev–Trinajstić information content (AvgIpc) is 2.77. The first kappa shape index (κ1) is 15.5. The summed E-state index contributed by atoms with van der Waals surface area (Å²) < 4.78 is 13.2. The summed E-state index contributed by atoms with van der Waals surface area (Å²) in [6, 6.07) is 12.1. The number of amides is 2. The monoisotopic (exact) mass is 332 g/mol. The average molecular weight is 333 g/mol. The molecular formula is C17H14ClFN2O2. The zero-order valence-corrected chi connectivity index (χ0v) is 12.9. The van der Waals surface area contributed by atoms with Gasteiger partial charge in [0.25, 0.3) is 5.91 Å². The van der Waals surface area contributed by atoms with Crippen LogP contribution in [0, 0.1) is 5.82 Å². The molecule has 1 saturated heterocycles. The molecular weight excluding hydrogens is 319 g/mol. The zero-order valence-electron chi connectivity index (χ0n) is 12.1. The summed E-state index contributed by atoms with van der Waals surface area (Å²) in [5.41, 5.74) is 1.30. The third kappa shape index (κ3) is 3.51. The Hall–Kier alpha value is -2.40. The number of halogens is 2. The summed E-state index contributed by atoms with van der Waals surface area (Å²) >= 11 is 5.82. The maximum absolute atomic E-state index is 13.2. The number of likely N-dealkylation sites (tertiary alicyclic amines) is 1. The van der Waals surface area contributed by atoms with Gasteiger partial charge in [-0.05, 0) is 35.9 Å². The van der Waals surface area contributed by atoms with Gasteiger partial charge in [-0.2, -0.15) is 0 Å². The fourth-order valence-corrected chi connectivity index (χ4v) is 2.64. The second-order valence-corrected chi connectivity index (χ2v) is 5.79. The molecule has 0 aliphatic carbocycles. The molecule has 2 aromatic rings. The van der Waals surface area contributed by atoms with E-state index in [1.54, 1.807) is 36.4 Å². The van der Waals surface area contributed by atoms with Crippen molar-refractivity contribution < 1.29 is 14.0 Å². The number of anilines is 1. The minimum Gasteiger partial charge on any atom is -0.373 e. The van der Waals surface area contributed by atoms with Gasteiger partial charge in [-0.25, -0.2) is 4.39 Å². The summed E-state index contributed by atoms with van der Waals surface area (Å²) in [7, 11) is 0. The van der Waals surface area contributed by atoms with Crippen LogP contribution in [0.1, 0.15) is 12.0 Å². The van der Waals surface area contributed by atoms with Crippen LogP contribution in [0.2, 0.25) is 5.02 Å². The fraction of sp³-hybridized carbons (Fsp3) is 0.176. The van der Waals surface area contributed by atoms with Crippen LogP contribution < -0.4 is 5.32 Å². The Morgan fingerprint density at radius 2 is 1.91 bits per heavy atom. The molecule has 1 heterocycles. The first-order valence-corrected chi connectivity index (χ1v) is 7.51. The van der Waals surface area contributed by atoms with Crippen molar-refractivity contribution in [2.75, 3.05) is 5.32 Å². The Labute approximate surface area is 137 Å². The SMILES string of the molecule is O=C1C[C@H](Nc2cccc(F)c2)C(=O)N1Cc1ccc(Cl)cc1. The lowest BCUT2D eigenvalue weighted by molar-refractivity contribution is -0.139. The van der Waals surface area contributed by atoms with E-state index in [1.165, 1.54) is 17.0 Å². The highest BCUT2D eigenvalue weighted by atomic mass is 35.5. The molecule has 1 N–H and O–H groups in total.